The molecule has 10 nitrogen and oxygen atoms in total. The molecular weight excluding hydrogens is 576 g/mol. The van der Waals surface area contributed by atoms with E-state index in [1.807, 2.05) is 71.0 Å². The van der Waals surface area contributed by atoms with Crippen molar-refractivity contribution < 1.29 is 38.3 Å². The highest BCUT2D eigenvalue weighted by atomic mass is 16.6. The highest BCUT2D eigenvalue weighted by Gasteiger charge is 2.45. The lowest BCUT2D eigenvalue weighted by Crippen LogP contribution is -2.56. The molecule has 0 aliphatic carbocycles. The van der Waals surface area contributed by atoms with Gasteiger partial charge in [-0.1, -0.05) is 30.3 Å². The van der Waals surface area contributed by atoms with E-state index in [0.717, 1.165) is 47.6 Å². The molecule has 2 aliphatic rings. The molecule has 2 aliphatic heterocycles. The number of piperidine rings is 1. The van der Waals surface area contributed by atoms with Crippen LogP contribution >= 0.6 is 0 Å². The number of carbonyl (C=O) groups excluding carboxylic acids is 1. The summed E-state index contributed by atoms with van der Waals surface area (Å²) in [5.74, 6) is 0.851. The van der Waals surface area contributed by atoms with Crippen LogP contribution in [-0.2, 0) is 42.5 Å². The molecule has 1 N–H and O–H groups in total. The topological polar surface area (TPSA) is 99.2 Å². The molecule has 3 atom stereocenters. The number of rotatable bonds is 14. The van der Waals surface area contributed by atoms with Crippen molar-refractivity contribution in [2.75, 3.05) is 64.6 Å². The molecule has 4 rings (SSSR count). The molecule has 2 aromatic carbocycles. The van der Waals surface area contributed by atoms with Crippen LogP contribution in [0.5, 0.6) is 5.75 Å². The van der Waals surface area contributed by atoms with Crippen molar-refractivity contribution in [1.82, 2.24) is 4.90 Å². The molecule has 10 heteroatoms. The molecular formula is C35H52N2O8. The van der Waals surface area contributed by atoms with Crippen molar-refractivity contribution in [1.29, 1.82) is 0 Å². The number of carbonyl (C=O) groups is 1. The fourth-order valence-corrected chi connectivity index (χ4v) is 5.72. The van der Waals surface area contributed by atoms with Crippen molar-refractivity contribution in [2.45, 2.75) is 84.1 Å². The summed E-state index contributed by atoms with van der Waals surface area (Å²) in [5.41, 5.74) is 1.81. The molecule has 2 aromatic rings. The van der Waals surface area contributed by atoms with Gasteiger partial charge in [0.2, 0.25) is 0 Å². The first kappa shape index (κ1) is 35.0. The third kappa shape index (κ3) is 9.80. The van der Waals surface area contributed by atoms with Gasteiger partial charge in [0.1, 0.15) is 29.7 Å². The highest BCUT2D eigenvalue weighted by molar-refractivity contribution is 5.68. The second-order valence-corrected chi connectivity index (χ2v) is 12.9. The number of anilines is 1. The lowest BCUT2D eigenvalue weighted by molar-refractivity contribution is -0.154. The first-order valence-corrected chi connectivity index (χ1v) is 16.1. The largest absolute Gasteiger partial charge is 0.490 e. The summed E-state index contributed by atoms with van der Waals surface area (Å²) >= 11 is 0. The molecule has 0 aromatic heterocycles. The van der Waals surface area contributed by atoms with Gasteiger partial charge in [0, 0.05) is 39.8 Å². The van der Waals surface area contributed by atoms with Gasteiger partial charge in [-0.05, 0) is 69.9 Å². The van der Waals surface area contributed by atoms with E-state index in [-0.39, 0.29) is 19.3 Å². The summed E-state index contributed by atoms with van der Waals surface area (Å²) in [6.45, 7) is 14.9. The van der Waals surface area contributed by atoms with Gasteiger partial charge >= 0.3 is 6.09 Å². The van der Waals surface area contributed by atoms with Gasteiger partial charge in [0.05, 0.1) is 44.7 Å². The van der Waals surface area contributed by atoms with E-state index >= 15 is 0 Å². The van der Waals surface area contributed by atoms with Crippen LogP contribution in [0.25, 0.3) is 0 Å². The lowest BCUT2D eigenvalue weighted by Gasteiger charge is -2.44. The zero-order valence-electron chi connectivity index (χ0n) is 27.9. The van der Waals surface area contributed by atoms with Gasteiger partial charge in [-0.3, -0.25) is 0 Å². The fourth-order valence-electron chi connectivity index (χ4n) is 5.72. The maximum atomic E-state index is 13.0. The van der Waals surface area contributed by atoms with Crippen molar-refractivity contribution in [3.63, 3.8) is 0 Å². The van der Waals surface area contributed by atoms with Gasteiger partial charge < -0.3 is 43.3 Å². The van der Waals surface area contributed by atoms with E-state index in [4.69, 9.17) is 28.4 Å². The number of benzene rings is 2. The van der Waals surface area contributed by atoms with Crippen molar-refractivity contribution in [3.8, 4) is 5.75 Å². The number of methoxy groups -OCH3 is 1. The Hall–Kier alpha value is -2.89. The normalized spacial score (nSPS) is 20.8. The monoisotopic (exact) mass is 628 g/mol. The number of likely N-dealkylation sites (tertiary alicyclic amines) is 1. The smallest absolute Gasteiger partial charge is 0.410 e. The second kappa shape index (κ2) is 16.1. The highest BCUT2D eigenvalue weighted by Crippen LogP contribution is 2.37. The summed E-state index contributed by atoms with van der Waals surface area (Å²) in [6, 6.07) is 13.9. The third-order valence-electron chi connectivity index (χ3n) is 8.07. The molecule has 45 heavy (non-hydrogen) atoms. The molecule has 1 fully saturated rings. The zero-order chi connectivity index (χ0) is 32.5. The van der Waals surface area contributed by atoms with Crippen LogP contribution in [-0.4, -0.2) is 93.6 Å². The second-order valence-electron chi connectivity index (χ2n) is 12.9. The van der Waals surface area contributed by atoms with Crippen LogP contribution < -0.4 is 9.64 Å². The average Bonchev–Trinajstić information content (AvgIpc) is 3.00. The van der Waals surface area contributed by atoms with Gasteiger partial charge in [0.15, 0.2) is 0 Å². The van der Waals surface area contributed by atoms with Crippen LogP contribution in [0.1, 0.15) is 64.2 Å². The van der Waals surface area contributed by atoms with E-state index in [0.29, 0.717) is 46.0 Å². The Balaban J connectivity index is 1.49. The van der Waals surface area contributed by atoms with E-state index in [1.54, 1.807) is 12.0 Å². The minimum Gasteiger partial charge on any atom is -0.490 e. The molecule has 1 unspecified atom stereocenters. The number of aliphatic hydroxyl groups is 1. The van der Waals surface area contributed by atoms with Crippen LogP contribution in [0.4, 0.5) is 10.5 Å². The van der Waals surface area contributed by atoms with Crippen molar-refractivity contribution in [3.05, 3.63) is 59.2 Å². The van der Waals surface area contributed by atoms with Crippen LogP contribution in [0.2, 0.25) is 0 Å². The number of hydrogen-bond donors (Lipinski definition) is 1. The molecule has 2 heterocycles. The Morgan fingerprint density at radius 3 is 2.58 bits per heavy atom. The maximum Gasteiger partial charge on any atom is 0.410 e. The minimum absolute atomic E-state index is 0.0319. The summed E-state index contributed by atoms with van der Waals surface area (Å²) in [4.78, 5) is 17.0. The summed E-state index contributed by atoms with van der Waals surface area (Å²) in [7, 11) is 1.72. The number of amides is 1. The van der Waals surface area contributed by atoms with E-state index in [1.165, 1.54) is 0 Å². The molecule has 1 saturated heterocycles. The first-order valence-electron chi connectivity index (χ1n) is 16.1. The van der Waals surface area contributed by atoms with Crippen molar-refractivity contribution >= 4 is 11.8 Å². The predicted molar refractivity (Wildman–Crippen MR) is 173 cm³/mol. The third-order valence-corrected chi connectivity index (χ3v) is 8.07. The van der Waals surface area contributed by atoms with Crippen LogP contribution in [0.3, 0.4) is 0 Å². The Morgan fingerprint density at radius 2 is 1.87 bits per heavy atom. The molecule has 0 spiro atoms. The Labute approximate surface area is 268 Å². The van der Waals surface area contributed by atoms with Crippen LogP contribution in [0.15, 0.2) is 42.5 Å². The summed E-state index contributed by atoms with van der Waals surface area (Å²) < 4.78 is 34.7. The van der Waals surface area contributed by atoms with Crippen LogP contribution in [0, 0.1) is 0 Å². The van der Waals surface area contributed by atoms with E-state index in [9.17, 15) is 9.90 Å². The summed E-state index contributed by atoms with van der Waals surface area (Å²) in [5, 5.41) is 12.2. The lowest BCUT2D eigenvalue weighted by atomic mass is 9.81. The van der Waals surface area contributed by atoms with Gasteiger partial charge in [-0.25, -0.2) is 4.79 Å². The minimum atomic E-state index is -1.30. The Morgan fingerprint density at radius 1 is 1.11 bits per heavy atom. The average molecular weight is 629 g/mol. The number of fused-ring (bicyclic) bond motifs is 1. The first-order chi connectivity index (χ1) is 21.5. The molecule has 0 radical (unpaired) electrons. The quantitative estimate of drug-likeness (QED) is 0.280. The number of ether oxygens (including phenoxy) is 6. The van der Waals surface area contributed by atoms with E-state index in [2.05, 4.69) is 11.0 Å². The maximum absolute atomic E-state index is 13.0. The summed E-state index contributed by atoms with van der Waals surface area (Å²) in [6.07, 6.45) is 0.167. The Bertz CT molecular complexity index is 1220. The number of hydrogen-bond acceptors (Lipinski definition) is 9. The standard InChI is InChI=1S/C35H52N2O8/c1-7-42-26(2)23-41-24-27-9-12-29(13-10-27)35(39)15-17-37(33(38)45-34(3,4)5)22-32(35)44-25-28-11-14-31-30(21-28)36(18-20-43-31)16-8-19-40-6/h9-14,21,26,32,39H,7-8,15-20,22-25H2,1-6H3/t26?,32-,35-/m0/s1. The molecule has 0 saturated carbocycles. The Kier molecular flexibility index (Phi) is 12.5. The van der Waals surface area contributed by atoms with E-state index < -0.39 is 23.4 Å². The van der Waals surface area contributed by atoms with Crippen molar-refractivity contribution in [2.24, 2.45) is 0 Å². The fraction of sp³-hybridized carbons (Fsp3) is 0.629. The molecule has 0 bridgehead atoms. The van der Waals surface area contributed by atoms with Gasteiger partial charge in [-0.2, -0.15) is 0 Å². The predicted octanol–water partition coefficient (Wildman–Crippen LogP) is 5.28. The SMILES string of the molecule is CCOC(C)COCc1ccc([C@@]2(O)CCN(C(=O)OC(C)(C)C)C[C@@H]2OCc2ccc3c(c2)N(CCCOC)CCO3)cc1. The molecule has 250 valence electrons. The van der Waals surface area contributed by atoms with Gasteiger partial charge in [0.25, 0.3) is 0 Å². The molecule has 1 amide bonds. The number of nitrogens with zero attached hydrogens (tertiary/aromatic N) is 2. The van der Waals surface area contributed by atoms with Gasteiger partial charge in [-0.15, -0.1) is 0 Å². The zero-order valence-corrected chi connectivity index (χ0v) is 27.9.